The van der Waals surface area contributed by atoms with Gasteiger partial charge in [0.25, 0.3) is 4.74 Å². The topological polar surface area (TPSA) is 20.3 Å². The van der Waals surface area contributed by atoms with Crippen molar-refractivity contribution in [3.8, 4) is 0 Å². The SMILES string of the molecule is C=CCN(Cc1ccccc1)c1ssc(=O)c1Cl. The predicted octanol–water partition coefficient (Wildman–Crippen LogP) is 4.02. The lowest BCUT2D eigenvalue weighted by atomic mass is 10.2. The van der Waals surface area contributed by atoms with E-state index in [2.05, 4.69) is 23.6 Å². The van der Waals surface area contributed by atoms with Crippen LogP contribution in [0.1, 0.15) is 5.56 Å². The van der Waals surface area contributed by atoms with Gasteiger partial charge in [-0.2, -0.15) is 0 Å². The van der Waals surface area contributed by atoms with E-state index >= 15 is 0 Å². The summed E-state index contributed by atoms with van der Waals surface area (Å²) in [5.41, 5.74) is 1.18. The normalized spacial score (nSPS) is 10.3. The molecule has 2 nitrogen and oxygen atoms in total. The van der Waals surface area contributed by atoms with Crippen LogP contribution >= 0.6 is 32.3 Å². The summed E-state index contributed by atoms with van der Waals surface area (Å²) in [6.45, 7) is 5.14. The van der Waals surface area contributed by atoms with Crippen molar-refractivity contribution in [2.24, 2.45) is 0 Å². The third-order valence-electron chi connectivity index (χ3n) is 2.42. The Bertz CT molecular complexity index is 576. The van der Waals surface area contributed by atoms with Crippen LogP contribution in [0.2, 0.25) is 5.02 Å². The average Bonchev–Trinajstić information content (AvgIpc) is 2.71. The van der Waals surface area contributed by atoms with Gasteiger partial charge in [-0.1, -0.05) is 58.3 Å². The van der Waals surface area contributed by atoms with E-state index in [9.17, 15) is 4.79 Å². The Hall–Kier alpha value is -1.10. The molecule has 0 N–H and O–H groups in total. The second kappa shape index (κ2) is 6.18. The first kappa shape index (κ1) is 13.3. The zero-order valence-corrected chi connectivity index (χ0v) is 12.0. The lowest BCUT2D eigenvalue weighted by Gasteiger charge is -2.21. The molecule has 5 heteroatoms. The van der Waals surface area contributed by atoms with Crippen LogP contribution < -0.4 is 9.64 Å². The number of hydrogen-bond acceptors (Lipinski definition) is 4. The highest BCUT2D eigenvalue weighted by atomic mass is 35.5. The maximum absolute atomic E-state index is 11.4. The molecule has 18 heavy (non-hydrogen) atoms. The van der Waals surface area contributed by atoms with Crippen molar-refractivity contribution in [2.45, 2.75) is 6.54 Å². The zero-order valence-electron chi connectivity index (χ0n) is 9.64. The smallest absolute Gasteiger partial charge is 0.263 e. The lowest BCUT2D eigenvalue weighted by Crippen LogP contribution is -2.22. The van der Waals surface area contributed by atoms with E-state index in [0.29, 0.717) is 11.6 Å². The maximum Gasteiger partial charge on any atom is 0.263 e. The number of hydrogen-bond donors (Lipinski definition) is 0. The molecule has 0 aliphatic carbocycles. The molecule has 0 unspecified atom stereocenters. The van der Waals surface area contributed by atoms with Gasteiger partial charge in [0.1, 0.15) is 10.0 Å². The standard InChI is InChI=1S/C13H12ClNOS2/c1-2-8-15(9-10-6-4-3-5-7-10)12-11(14)13(16)18-17-12/h2-7H,1,8-9H2. The molecule has 0 aliphatic heterocycles. The molecule has 0 spiro atoms. The van der Waals surface area contributed by atoms with Crippen LogP contribution in [0.4, 0.5) is 5.00 Å². The van der Waals surface area contributed by atoms with Crippen LogP contribution in [-0.2, 0) is 6.54 Å². The highest BCUT2D eigenvalue weighted by Gasteiger charge is 2.15. The lowest BCUT2D eigenvalue weighted by molar-refractivity contribution is 0.878. The van der Waals surface area contributed by atoms with Crippen molar-refractivity contribution in [3.63, 3.8) is 0 Å². The highest BCUT2D eigenvalue weighted by molar-refractivity contribution is 7.70. The minimum Gasteiger partial charge on any atom is -0.353 e. The van der Waals surface area contributed by atoms with Gasteiger partial charge in [0.15, 0.2) is 0 Å². The summed E-state index contributed by atoms with van der Waals surface area (Å²) in [5.74, 6) is 0. The molecule has 1 aromatic heterocycles. The second-order valence-corrected chi connectivity index (χ2v) is 6.20. The van der Waals surface area contributed by atoms with E-state index in [1.54, 1.807) is 0 Å². The fraction of sp³-hybridized carbons (Fsp3) is 0.154. The van der Waals surface area contributed by atoms with Gasteiger partial charge in [-0.05, 0) is 15.9 Å². The monoisotopic (exact) mass is 297 g/mol. The summed E-state index contributed by atoms with van der Waals surface area (Å²) in [7, 11) is 2.59. The molecule has 0 amide bonds. The van der Waals surface area contributed by atoms with Crippen LogP contribution in [0.25, 0.3) is 0 Å². The predicted molar refractivity (Wildman–Crippen MR) is 81.2 cm³/mol. The first-order chi connectivity index (χ1) is 8.72. The van der Waals surface area contributed by atoms with Crippen LogP contribution in [0, 0.1) is 0 Å². The minimum absolute atomic E-state index is 0.0706. The van der Waals surface area contributed by atoms with Crippen molar-refractivity contribution >= 4 is 37.3 Å². The number of halogens is 1. The third-order valence-corrected chi connectivity index (χ3v) is 5.23. The summed E-state index contributed by atoms with van der Waals surface area (Å²) in [4.78, 5) is 13.5. The average molecular weight is 298 g/mol. The van der Waals surface area contributed by atoms with Gasteiger partial charge in [0.05, 0.1) is 0 Å². The van der Waals surface area contributed by atoms with E-state index in [-0.39, 0.29) is 4.74 Å². The van der Waals surface area contributed by atoms with Gasteiger partial charge >= 0.3 is 0 Å². The van der Waals surface area contributed by atoms with Crippen LogP contribution in [0.5, 0.6) is 0 Å². The van der Waals surface area contributed by atoms with Crippen LogP contribution in [0.15, 0.2) is 47.8 Å². The minimum atomic E-state index is -0.0706. The molecule has 1 aromatic carbocycles. The Morgan fingerprint density at radius 1 is 1.28 bits per heavy atom. The number of nitrogens with zero attached hydrogens (tertiary/aromatic N) is 1. The molecule has 0 saturated carbocycles. The molecular formula is C13H12ClNOS2. The van der Waals surface area contributed by atoms with Crippen LogP contribution in [-0.4, -0.2) is 6.54 Å². The van der Waals surface area contributed by atoms with Gasteiger partial charge in [0, 0.05) is 13.1 Å². The zero-order chi connectivity index (χ0) is 13.0. The first-order valence-electron chi connectivity index (χ1n) is 5.40. The molecule has 0 bridgehead atoms. The van der Waals surface area contributed by atoms with Gasteiger partial charge in [-0.25, -0.2) is 0 Å². The van der Waals surface area contributed by atoms with Crippen molar-refractivity contribution in [1.29, 1.82) is 0 Å². The van der Waals surface area contributed by atoms with Gasteiger partial charge in [-0.15, -0.1) is 6.58 Å². The second-order valence-electron chi connectivity index (χ2n) is 3.73. The first-order valence-corrected chi connectivity index (χ1v) is 7.93. The summed E-state index contributed by atoms with van der Waals surface area (Å²) in [6, 6.07) is 10.1. The molecule has 2 aromatic rings. The molecule has 0 radical (unpaired) electrons. The van der Waals surface area contributed by atoms with E-state index < -0.39 is 0 Å². The summed E-state index contributed by atoms with van der Waals surface area (Å²) >= 11 is 6.04. The Balaban J connectivity index is 2.26. The number of anilines is 1. The molecular weight excluding hydrogens is 286 g/mol. The van der Waals surface area contributed by atoms with E-state index in [1.165, 1.54) is 26.2 Å². The third kappa shape index (κ3) is 3.02. The maximum atomic E-state index is 11.4. The highest BCUT2D eigenvalue weighted by Crippen LogP contribution is 2.32. The molecule has 1 heterocycles. The Morgan fingerprint density at radius 3 is 2.56 bits per heavy atom. The van der Waals surface area contributed by atoms with Gasteiger partial charge in [-0.3, -0.25) is 4.79 Å². The van der Waals surface area contributed by atoms with Gasteiger partial charge in [0.2, 0.25) is 0 Å². The van der Waals surface area contributed by atoms with E-state index in [4.69, 9.17) is 11.6 Å². The number of benzene rings is 1. The summed E-state index contributed by atoms with van der Waals surface area (Å²) < 4.78 is -0.0706. The van der Waals surface area contributed by atoms with Crippen LogP contribution in [0.3, 0.4) is 0 Å². The molecule has 2 rings (SSSR count). The van der Waals surface area contributed by atoms with Crippen molar-refractivity contribution < 1.29 is 0 Å². The Labute approximate surface area is 118 Å². The molecule has 0 fully saturated rings. The number of rotatable bonds is 5. The van der Waals surface area contributed by atoms with E-state index in [1.807, 2.05) is 24.3 Å². The molecule has 0 saturated heterocycles. The Kier molecular flexibility index (Phi) is 4.58. The summed E-state index contributed by atoms with van der Waals surface area (Å²) in [6.07, 6.45) is 1.81. The van der Waals surface area contributed by atoms with Gasteiger partial charge < -0.3 is 4.90 Å². The van der Waals surface area contributed by atoms with Crippen molar-refractivity contribution in [1.82, 2.24) is 0 Å². The largest absolute Gasteiger partial charge is 0.353 e. The van der Waals surface area contributed by atoms with Crippen molar-refractivity contribution in [2.75, 3.05) is 11.4 Å². The fourth-order valence-corrected chi connectivity index (χ4v) is 4.31. The van der Waals surface area contributed by atoms with Crippen molar-refractivity contribution in [3.05, 3.63) is 63.1 Å². The van der Waals surface area contributed by atoms with E-state index in [0.717, 1.165) is 11.5 Å². The fourth-order valence-electron chi connectivity index (χ4n) is 1.61. The molecule has 94 valence electrons. The summed E-state index contributed by atoms with van der Waals surface area (Å²) in [5, 5.41) is 1.15. The quantitative estimate of drug-likeness (QED) is 0.614. The Morgan fingerprint density at radius 2 is 2.00 bits per heavy atom. The molecule has 0 atom stereocenters. The molecule has 0 aliphatic rings.